The number of benzene rings is 2. The molecule has 0 unspecified atom stereocenters. The Bertz CT molecular complexity index is 970. The second-order valence-electron chi connectivity index (χ2n) is 7.04. The summed E-state index contributed by atoms with van der Waals surface area (Å²) < 4.78 is 2.07. The summed E-state index contributed by atoms with van der Waals surface area (Å²) in [6, 6.07) is 16.7. The second-order valence-corrected chi connectivity index (χ2v) is 9.09. The Labute approximate surface area is 187 Å². The Hall–Kier alpha value is -2.25. The minimum atomic E-state index is 0.0269. The second kappa shape index (κ2) is 11.2. The van der Waals surface area contributed by atoms with Crippen molar-refractivity contribution in [3.8, 4) is 11.4 Å². The molecule has 1 heterocycles. The molecule has 0 aliphatic rings. The van der Waals surface area contributed by atoms with Crippen molar-refractivity contribution in [2.75, 3.05) is 18.1 Å². The molecule has 0 aliphatic carbocycles. The molecule has 158 valence electrons. The van der Waals surface area contributed by atoms with Crippen LogP contribution in [0.15, 0.2) is 53.7 Å². The van der Waals surface area contributed by atoms with Crippen molar-refractivity contribution in [2.45, 2.75) is 38.2 Å². The van der Waals surface area contributed by atoms with Crippen LogP contribution < -0.4 is 5.32 Å². The molecular weight excluding hydrogens is 412 g/mol. The summed E-state index contributed by atoms with van der Waals surface area (Å²) in [6.45, 7) is 7.67. The van der Waals surface area contributed by atoms with E-state index in [1.54, 1.807) is 0 Å². The topological polar surface area (TPSA) is 59.8 Å². The van der Waals surface area contributed by atoms with E-state index < -0.39 is 0 Å². The van der Waals surface area contributed by atoms with E-state index in [-0.39, 0.29) is 5.91 Å². The summed E-state index contributed by atoms with van der Waals surface area (Å²) in [7, 11) is 0. The molecule has 3 aromatic rings. The maximum atomic E-state index is 12.2. The first-order valence-corrected chi connectivity index (χ1v) is 12.2. The van der Waals surface area contributed by atoms with Crippen molar-refractivity contribution in [1.82, 2.24) is 20.1 Å². The Balaban J connectivity index is 1.43. The normalized spacial score (nSPS) is 10.9. The SMILES string of the molecule is CCn1c(SCC(=O)NCCSCc2ccc(C)cc2)nnc1-c1ccccc1C. The summed E-state index contributed by atoms with van der Waals surface area (Å²) in [5.41, 5.74) is 4.83. The average Bonchev–Trinajstić information content (AvgIpc) is 3.16. The number of nitrogens with one attached hydrogen (secondary N) is 1. The summed E-state index contributed by atoms with van der Waals surface area (Å²) in [5.74, 6) is 3.08. The quantitative estimate of drug-likeness (QED) is 0.365. The van der Waals surface area contributed by atoms with Gasteiger partial charge < -0.3 is 9.88 Å². The van der Waals surface area contributed by atoms with E-state index in [0.717, 1.165) is 40.2 Å². The first-order chi connectivity index (χ1) is 14.6. The monoisotopic (exact) mass is 440 g/mol. The number of rotatable bonds is 10. The zero-order chi connectivity index (χ0) is 21.3. The third-order valence-corrected chi connectivity index (χ3v) is 6.71. The number of carbonyl (C=O) groups excluding carboxylic acids is 1. The molecule has 0 atom stereocenters. The van der Waals surface area contributed by atoms with Gasteiger partial charge in [0, 0.05) is 30.2 Å². The molecule has 0 radical (unpaired) electrons. The van der Waals surface area contributed by atoms with Crippen molar-refractivity contribution in [1.29, 1.82) is 0 Å². The highest BCUT2D eigenvalue weighted by Gasteiger charge is 2.15. The van der Waals surface area contributed by atoms with Gasteiger partial charge >= 0.3 is 0 Å². The van der Waals surface area contributed by atoms with Gasteiger partial charge in [-0.2, -0.15) is 11.8 Å². The largest absolute Gasteiger partial charge is 0.355 e. The third kappa shape index (κ3) is 6.12. The summed E-state index contributed by atoms with van der Waals surface area (Å²) >= 11 is 3.26. The van der Waals surface area contributed by atoms with Crippen molar-refractivity contribution in [3.05, 3.63) is 65.2 Å². The van der Waals surface area contributed by atoms with Crippen LogP contribution in [0.3, 0.4) is 0 Å². The molecule has 1 aromatic heterocycles. The van der Waals surface area contributed by atoms with Crippen LogP contribution in [0.2, 0.25) is 0 Å². The minimum absolute atomic E-state index is 0.0269. The number of nitrogens with zero attached hydrogens (tertiary/aromatic N) is 3. The van der Waals surface area contributed by atoms with Crippen LogP contribution in [0.25, 0.3) is 11.4 Å². The van der Waals surface area contributed by atoms with Gasteiger partial charge in [-0.05, 0) is 31.9 Å². The van der Waals surface area contributed by atoms with E-state index in [1.807, 2.05) is 23.9 Å². The zero-order valence-corrected chi connectivity index (χ0v) is 19.4. The summed E-state index contributed by atoms with van der Waals surface area (Å²) in [5, 5.41) is 12.5. The number of aromatic nitrogens is 3. The van der Waals surface area contributed by atoms with Crippen molar-refractivity contribution in [3.63, 3.8) is 0 Å². The van der Waals surface area contributed by atoms with Crippen LogP contribution in [0, 0.1) is 13.8 Å². The lowest BCUT2D eigenvalue weighted by Crippen LogP contribution is -2.27. The number of thioether (sulfide) groups is 2. The van der Waals surface area contributed by atoms with E-state index in [4.69, 9.17) is 0 Å². The van der Waals surface area contributed by atoms with Gasteiger partial charge in [0.25, 0.3) is 0 Å². The fourth-order valence-electron chi connectivity index (χ4n) is 3.02. The number of carbonyl (C=O) groups is 1. The van der Waals surface area contributed by atoms with Crippen LogP contribution in [-0.2, 0) is 17.1 Å². The highest BCUT2D eigenvalue weighted by Crippen LogP contribution is 2.26. The molecule has 2 aromatic carbocycles. The zero-order valence-electron chi connectivity index (χ0n) is 17.7. The van der Waals surface area contributed by atoms with Gasteiger partial charge in [-0.1, -0.05) is 65.9 Å². The van der Waals surface area contributed by atoms with Crippen molar-refractivity contribution >= 4 is 29.4 Å². The molecule has 30 heavy (non-hydrogen) atoms. The maximum Gasteiger partial charge on any atom is 0.230 e. The molecule has 0 fully saturated rings. The highest BCUT2D eigenvalue weighted by molar-refractivity contribution is 7.99. The number of amides is 1. The predicted octanol–water partition coefficient (Wildman–Crippen LogP) is 4.72. The molecule has 0 bridgehead atoms. The Morgan fingerprint density at radius 2 is 1.83 bits per heavy atom. The van der Waals surface area contributed by atoms with Crippen molar-refractivity contribution in [2.24, 2.45) is 0 Å². The standard InChI is InChI=1S/C23H28N4OS2/c1-4-27-22(20-8-6-5-7-18(20)3)25-26-23(27)30-16-21(28)24-13-14-29-15-19-11-9-17(2)10-12-19/h5-12H,4,13-16H2,1-3H3,(H,24,28). The highest BCUT2D eigenvalue weighted by atomic mass is 32.2. The fraction of sp³-hybridized carbons (Fsp3) is 0.348. The third-order valence-electron chi connectivity index (χ3n) is 4.71. The van der Waals surface area contributed by atoms with E-state index >= 15 is 0 Å². The number of aryl methyl sites for hydroxylation is 2. The smallest absolute Gasteiger partial charge is 0.230 e. The Morgan fingerprint density at radius 1 is 1.07 bits per heavy atom. The van der Waals surface area contributed by atoms with E-state index in [1.165, 1.54) is 22.9 Å². The number of hydrogen-bond acceptors (Lipinski definition) is 5. The summed E-state index contributed by atoms with van der Waals surface area (Å²) in [4.78, 5) is 12.2. The molecule has 7 heteroatoms. The molecule has 0 aliphatic heterocycles. The molecule has 0 saturated carbocycles. The molecule has 5 nitrogen and oxygen atoms in total. The van der Waals surface area contributed by atoms with Gasteiger partial charge in [0.05, 0.1) is 5.75 Å². The van der Waals surface area contributed by atoms with Crippen molar-refractivity contribution < 1.29 is 4.79 Å². The molecule has 1 amide bonds. The summed E-state index contributed by atoms with van der Waals surface area (Å²) in [6.07, 6.45) is 0. The lowest BCUT2D eigenvalue weighted by Gasteiger charge is -2.09. The fourth-order valence-corrected chi connectivity index (χ4v) is 4.67. The van der Waals surface area contributed by atoms with Gasteiger partial charge in [-0.15, -0.1) is 10.2 Å². The van der Waals surface area contributed by atoms with Crippen LogP contribution in [0.5, 0.6) is 0 Å². The Morgan fingerprint density at radius 3 is 2.57 bits per heavy atom. The van der Waals surface area contributed by atoms with Gasteiger partial charge in [0.15, 0.2) is 11.0 Å². The molecule has 0 spiro atoms. The average molecular weight is 441 g/mol. The van der Waals surface area contributed by atoms with Gasteiger partial charge in [0.2, 0.25) is 5.91 Å². The first-order valence-electron chi connectivity index (χ1n) is 10.1. The lowest BCUT2D eigenvalue weighted by molar-refractivity contribution is -0.118. The lowest BCUT2D eigenvalue weighted by atomic mass is 10.1. The Kier molecular flexibility index (Phi) is 8.39. The van der Waals surface area contributed by atoms with Gasteiger partial charge in [0.1, 0.15) is 0 Å². The number of hydrogen-bond donors (Lipinski definition) is 1. The molecule has 3 rings (SSSR count). The van der Waals surface area contributed by atoms with E-state index in [2.05, 4.69) is 77.3 Å². The van der Waals surface area contributed by atoms with Crippen LogP contribution >= 0.6 is 23.5 Å². The molecule has 0 saturated heterocycles. The first kappa shape index (κ1) is 22.4. The van der Waals surface area contributed by atoms with E-state index in [0.29, 0.717) is 12.3 Å². The van der Waals surface area contributed by atoms with Crippen LogP contribution in [0.1, 0.15) is 23.6 Å². The minimum Gasteiger partial charge on any atom is -0.355 e. The van der Waals surface area contributed by atoms with Crippen LogP contribution in [-0.4, -0.2) is 38.7 Å². The maximum absolute atomic E-state index is 12.2. The van der Waals surface area contributed by atoms with Gasteiger partial charge in [-0.3, -0.25) is 4.79 Å². The molecular formula is C23H28N4OS2. The van der Waals surface area contributed by atoms with Gasteiger partial charge in [-0.25, -0.2) is 0 Å². The molecule has 1 N–H and O–H groups in total. The van der Waals surface area contributed by atoms with E-state index in [9.17, 15) is 4.79 Å². The van der Waals surface area contributed by atoms with Crippen LogP contribution in [0.4, 0.5) is 0 Å². The predicted molar refractivity (Wildman–Crippen MR) is 127 cm³/mol.